The third-order valence-corrected chi connectivity index (χ3v) is 7.22. The van der Waals surface area contributed by atoms with Crippen LogP contribution in [0.2, 0.25) is 0 Å². The van der Waals surface area contributed by atoms with Gasteiger partial charge in [-0.1, -0.05) is 19.8 Å². The molecular formula is C25H31N5O5. The number of carbonyl (C=O) groups is 2. The fraction of sp³-hybridized carbons (Fsp3) is 0.520. The Bertz CT molecular complexity index is 1150. The summed E-state index contributed by atoms with van der Waals surface area (Å²) >= 11 is 0. The van der Waals surface area contributed by atoms with Crippen molar-refractivity contribution >= 4 is 35.0 Å². The number of aromatic carboxylic acids is 1. The van der Waals surface area contributed by atoms with Gasteiger partial charge in [0.25, 0.3) is 0 Å². The number of nitrogens with zero attached hydrogens (tertiary/aromatic N) is 4. The molecule has 10 heteroatoms. The van der Waals surface area contributed by atoms with E-state index in [1.165, 1.54) is 0 Å². The van der Waals surface area contributed by atoms with E-state index in [1.54, 1.807) is 37.4 Å². The topological polar surface area (TPSA) is 117 Å². The number of aromatic nitrogens is 2. The molecule has 0 radical (unpaired) electrons. The lowest BCUT2D eigenvalue weighted by molar-refractivity contribution is -0.120. The number of benzene rings is 1. The maximum absolute atomic E-state index is 13.1. The molecule has 2 aliphatic heterocycles. The summed E-state index contributed by atoms with van der Waals surface area (Å²) in [4.78, 5) is 38.1. The number of fused-ring (bicyclic) bond motifs is 2. The molecule has 10 nitrogen and oxygen atoms in total. The van der Waals surface area contributed by atoms with Crippen LogP contribution < -0.4 is 19.9 Å². The second-order valence-corrected chi connectivity index (χ2v) is 9.37. The highest BCUT2D eigenvalue weighted by Gasteiger charge is 2.41. The molecule has 2 atom stereocenters. The van der Waals surface area contributed by atoms with Gasteiger partial charge >= 0.3 is 5.97 Å². The second kappa shape index (κ2) is 9.33. The molecule has 3 aliphatic rings. The van der Waals surface area contributed by atoms with Crippen molar-refractivity contribution in [1.29, 1.82) is 0 Å². The van der Waals surface area contributed by atoms with E-state index in [4.69, 9.17) is 14.5 Å². The Kier molecular flexibility index (Phi) is 6.22. The third kappa shape index (κ3) is 4.05. The lowest BCUT2D eigenvalue weighted by Gasteiger charge is -2.43. The van der Waals surface area contributed by atoms with Gasteiger partial charge in [0.05, 0.1) is 24.1 Å². The molecule has 35 heavy (non-hydrogen) atoms. The van der Waals surface area contributed by atoms with Crippen LogP contribution in [-0.4, -0.2) is 65.9 Å². The molecule has 0 spiro atoms. The van der Waals surface area contributed by atoms with E-state index in [0.29, 0.717) is 48.1 Å². The van der Waals surface area contributed by atoms with Gasteiger partial charge in [0, 0.05) is 32.2 Å². The maximum atomic E-state index is 13.1. The zero-order valence-corrected chi connectivity index (χ0v) is 20.3. The van der Waals surface area contributed by atoms with E-state index in [-0.39, 0.29) is 29.7 Å². The molecule has 3 heterocycles. The zero-order chi connectivity index (χ0) is 24.7. The SMILES string of the molecule is CCC1C(=O)N(C)c2cnc(Nc3ccc(C(=O)O)c4c3OC(COC)C4)nc2N1C1CCCC1. The van der Waals surface area contributed by atoms with Gasteiger partial charge in [0.1, 0.15) is 23.6 Å². The fourth-order valence-corrected chi connectivity index (χ4v) is 5.54. The molecule has 1 aromatic carbocycles. The average Bonchev–Trinajstić information content (AvgIpc) is 3.52. The molecule has 5 rings (SSSR count). The van der Waals surface area contributed by atoms with E-state index in [1.807, 2.05) is 6.92 Å². The Morgan fingerprint density at radius 2 is 2.09 bits per heavy atom. The van der Waals surface area contributed by atoms with Gasteiger partial charge in [-0.25, -0.2) is 9.78 Å². The summed E-state index contributed by atoms with van der Waals surface area (Å²) in [5.74, 6) is 0.675. The van der Waals surface area contributed by atoms with Gasteiger partial charge in [-0.05, 0) is 31.4 Å². The Balaban J connectivity index is 1.52. The normalized spacial score (nSPS) is 21.6. The zero-order valence-electron chi connectivity index (χ0n) is 20.3. The molecule has 2 unspecified atom stereocenters. The van der Waals surface area contributed by atoms with Crippen molar-refractivity contribution in [2.45, 2.75) is 63.6 Å². The van der Waals surface area contributed by atoms with Gasteiger partial charge < -0.3 is 29.7 Å². The van der Waals surface area contributed by atoms with Gasteiger partial charge in [0.15, 0.2) is 5.82 Å². The van der Waals surface area contributed by atoms with Crippen LogP contribution in [0.1, 0.15) is 54.9 Å². The van der Waals surface area contributed by atoms with E-state index >= 15 is 0 Å². The van der Waals surface area contributed by atoms with Crippen molar-refractivity contribution in [3.8, 4) is 5.75 Å². The first-order valence-electron chi connectivity index (χ1n) is 12.2. The summed E-state index contributed by atoms with van der Waals surface area (Å²) in [5, 5.41) is 12.9. The van der Waals surface area contributed by atoms with Gasteiger partial charge in [0.2, 0.25) is 11.9 Å². The summed E-state index contributed by atoms with van der Waals surface area (Å²) in [6.07, 6.45) is 6.94. The Hall–Kier alpha value is -3.40. The van der Waals surface area contributed by atoms with E-state index < -0.39 is 5.97 Å². The summed E-state index contributed by atoms with van der Waals surface area (Å²) in [6.45, 7) is 2.39. The third-order valence-electron chi connectivity index (χ3n) is 7.22. The number of amides is 1. The second-order valence-electron chi connectivity index (χ2n) is 9.37. The van der Waals surface area contributed by atoms with Crippen molar-refractivity contribution in [3.05, 3.63) is 29.5 Å². The number of nitrogens with one attached hydrogen (secondary N) is 1. The number of rotatable bonds is 7. The van der Waals surface area contributed by atoms with Gasteiger partial charge in [-0.2, -0.15) is 4.98 Å². The van der Waals surface area contributed by atoms with Crippen LogP contribution in [0.5, 0.6) is 5.75 Å². The van der Waals surface area contributed by atoms with Crippen LogP contribution in [0.3, 0.4) is 0 Å². The summed E-state index contributed by atoms with van der Waals surface area (Å²) in [6, 6.07) is 3.27. The van der Waals surface area contributed by atoms with Crippen molar-refractivity contribution in [2.75, 3.05) is 35.9 Å². The molecule has 1 fully saturated rings. The highest BCUT2D eigenvalue weighted by atomic mass is 16.5. The summed E-state index contributed by atoms with van der Waals surface area (Å²) < 4.78 is 11.3. The van der Waals surface area contributed by atoms with Crippen molar-refractivity contribution in [1.82, 2.24) is 9.97 Å². The predicted octanol–water partition coefficient (Wildman–Crippen LogP) is 3.37. The van der Waals surface area contributed by atoms with Gasteiger partial charge in [-0.3, -0.25) is 4.79 Å². The number of likely N-dealkylation sites (N-methyl/N-ethyl adjacent to an activating group) is 1. The highest BCUT2D eigenvalue weighted by Crippen LogP contribution is 2.42. The maximum Gasteiger partial charge on any atom is 0.336 e. The molecule has 2 aromatic rings. The van der Waals surface area contributed by atoms with Crippen LogP contribution in [0.25, 0.3) is 0 Å². The summed E-state index contributed by atoms with van der Waals surface area (Å²) in [5.41, 5.74) is 2.14. The molecule has 186 valence electrons. The Labute approximate surface area is 204 Å². The van der Waals surface area contributed by atoms with E-state index in [0.717, 1.165) is 31.5 Å². The number of carboxylic acids is 1. The molecule has 1 saturated carbocycles. The predicted molar refractivity (Wildman–Crippen MR) is 131 cm³/mol. The first-order valence-corrected chi connectivity index (χ1v) is 12.2. The largest absolute Gasteiger partial charge is 0.485 e. The minimum absolute atomic E-state index is 0.0656. The monoisotopic (exact) mass is 481 g/mol. The van der Waals surface area contributed by atoms with E-state index in [2.05, 4.69) is 15.2 Å². The summed E-state index contributed by atoms with van der Waals surface area (Å²) in [7, 11) is 3.36. The molecule has 2 N–H and O–H groups in total. The highest BCUT2D eigenvalue weighted by molar-refractivity contribution is 6.04. The average molecular weight is 482 g/mol. The Morgan fingerprint density at radius 3 is 2.77 bits per heavy atom. The van der Waals surface area contributed by atoms with E-state index in [9.17, 15) is 14.7 Å². The lowest BCUT2D eigenvalue weighted by atomic mass is 10.0. The number of hydrogen-bond acceptors (Lipinski definition) is 8. The number of carbonyl (C=O) groups excluding carboxylic acids is 1. The van der Waals surface area contributed by atoms with Crippen molar-refractivity contribution < 1.29 is 24.2 Å². The van der Waals surface area contributed by atoms with Crippen LogP contribution in [0, 0.1) is 0 Å². The van der Waals surface area contributed by atoms with Crippen LogP contribution in [-0.2, 0) is 16.0 Å². The van der Waals surface area contributed by atoms with Crippen molar-refractivity contribution in [2.24, 2.45) is 0 Å². The van der Waals surface area contributed by atoms with Crippen LogP contribution in [0.4, 0.5) is 23.1 Å². The number of methoxy groups -OCH3 is 1. The minimum Gasteiger partial charge on any atom is -0.485 e. The van der Waals surface area contributed by atoms with Gasteiger partial charge in [-0.15, -0.1) is 0 Å². The molecule has 1 aliphatic carbocycles. The lowest BCUT2D eigenvalue weighted by Crippen LogP contribution is -2.55. The minimum atomic E-state index is -0.995. The quantitative estimate of drug-likeness (QED) is 0.614. The smallest absolute Gasteiger partial charge is 0.336 e. The standard InChI is InChI=1S/C25H31N5O5/c1-4-19-23(31)29(2)20-12-26-25(28-22(20)30(19)14-7-5-6-8-14)27-18-10-9-16(24(32)33)17-11-15(13-34-3)35-21(17)18/h9-10,12,14-15,19H,4-8,11,13H2,1-3H3,(H,32,33)(H,26,27,28). The first kappa shape index (κ1) is 23.3. The molecule has 0 saturated heterocycles. The molecule has 1 aromatic heterocycles. The number of carboxylic acid groups (broad SMARTS) is 1. The number of ether oxygens (including phenoxy) is 2. The van der Waals surface area contributed by atoms with Crippen molar-refractivity contribution in [3.63, 3.8) is 0 Å². The number of anilines is 4. The molecule has 1 amide bonds. The first-order chi connectivity index (χ1) is 16.9. The van der Waals surface area contributed by atoms with Crippen LogP contribution >= 0.6 is 0 Å². The molecular weight excluding hydrogens is 450 g/mol. The molecule has 0 bridgehead atoms. The van der Waals surface area contributed by atoms with Crippen LogP contribution in [0.15, 0.2) is 18.3 Å². The Morgan fingerprint density at radius 1 is 1.31 bits per heavy atom. The number of hydrogen-bond donors (Lipinski definition) is 2. The fourth-order valence-electron chi connectivity index (χ4n) is 5.54.